The second-order valence-electron chi connectivity index (χ2n) is 7.19. The first-order valence-electron chi connectivity index (χ1n) is 9.74. The second kappa shape index (κ2) is 8.80. The van der Waals surface area contributed by atoms with Gasteiger partial charge < -0.3 is 10.6 Å². The molecule has 5 nitrogen and oxygen atoms in total. The van der Waals surface area contributed by atoms with Crippen LogP contribution in [0.4, 0.5) is 5.69 Å². The first-order chi connectivity index (χ1) is 13.1. The van der Waals surface area contributed by atoms with Gasteiger partial charge in [0, 0.05) is 24.1 Å². The predicted octanol–water partition coefficient (Wildman–Crippen LogP) is 4.27. The topological polar surface area (TPSA) is 71.1 Å². The lowest BCUT2D eigenvalue weighted by molar-refractivity contribution is 0.0927. The van der Waals surface area contributed by atoms with E-state index < -0.39 is 0 Å². The van der Waals surface area contributed by atoms with Crippen molar-refractivity contribution >= 4 is 17.5 Å². The molecule has 2 amide bonds. The molecule has 1 aliphatic carbocycles. The zero-order valence-electron chi connectivity index (χ0n) is 16.0. The van der Waals surface area contributed by atoms with Gasteiger partial charge in [-0.05, 0) is 43.4 Å². The highest BCUT2D eigenvalue weighted by Gasteiger charge is 2.18. The Labute approximate surface area is 160 Å². The highest BCUT2D eigenvalue weighted by molar-refractivity contribution is 6.06. The number of rotatable bonds is 5. The maximum atomic E-state index is 12.7. The molecule has 0 aliphatic heterocycles. The van der Waals surface area contributed by atoms with Gasteiger partial charge in [-0.3, -0.25) is 14.6 Å². The molecule has 3 rings (SSSR count). The Morgan fingerprint density at radius 1 is 1.07 bits per heavy atom. The number of carbonyl (C=O) groups is 2. The second-order valence-corrected chi connectivity index (χ2v) is 7.19. The maximum absolute atomic E-state index is 12.7. The highest BCUT2D eigenvalue weighted by Crippen LogP contribution is 2.22. The summed E-state index contributed by atoms with van der Waals surface area (Å²) in [6.07, 6.45) is 9.43. The molecule has 1 aromatic carbocycles. The number of benzene rings is 1. The summed E-state index contributed by atoms with van der Waals surface area (Å²) < 4.78 is 0. The van der Waals surface area contributed by atoms with Crippen molar-refractivity contribution < 1.29 is 9.59 Å². The van der Waals surface area contributed by atoms with E-state index in [4.69, 9.17) is 0 Å². The van der Waals surface area contributed by atoms with E-state index in [2.05, 4.69) is 22.5 Å². The Morgan fingerprint density at radius 3 is 2.48 bits per heavy atom. The van der Waals surface area contributed by atoms with E-state index in [1.807, 2.05) is 25.1 Å². The van der Waals surface area contributed by atoms with Crippen LogP contribution in [0.1, 0.15) is 70.9 Å². The zero-order valence-corrected chi connectivity index (χ0v) is 16.0. The van der Waals surface area contributed by atoms with E-state index in [1.54, 1.807) is 6.07 Å². The Balaban J connectivity index is 1.73. The first kappa shape index (κ1) is 19.1. The number of amides is 2. The van der Waals surface area contributed by atoms with Crippen LogP contribution in [-0.4, -0.2) is 22.8 Å². The molecule has 0 atom stereocenters. The summed E-state index contributed by atoms with van der Waals surface area (Å²) in [5.74, 6) is -0.409. The van der Waals surface area contributed by atoms with Gasteiger partial charge in [0.25, 0.3) is 11.8 Å². The van der Waals surface area contributed by atoms with Crippen LogP contribution in [0.2, 0.25) is 0 Å². The molecule has 1 saturated carbocycles. The van der Waals surface area contributed by atoms with Crippen molar-refractivity contribution in [3.63, 3.8) is 0 Å². The van der Waals surface area contributed by atoms with Gasteiger partial charge in [0.2, 0.25) is 0 Å². The zero-order chi connectivity index (χ0) is 19.2. The minimum absolute atomic E-state index is 0.158. The quantitative estimate of drug-likeness (QED) is 0.831. The molecule has 0 unspecified atom stereocenters. The molecule has 1 aromatic heterocycles. The van der Waals surface area contributed by atoms with Crippen molar-refractivity contribution in [3.8, 4) is 0 Å². The van der Waals surface area contributed by atoms with Gasteiger partial charge in [-0.25, -0.2) is 0 Å². The third-order valence-electron chi connectivity index (χ3n) is 5.18. The number of nitrogens with zero attached hydrogens (tertiary/aromatic N) is 1. The van der Waals surface area contributed by atoms with Crippen molar-refractivity contribution in [3.05, 3.63) is 58.9 Å². The normalized spacial score (nSPS) is 14.6. The fourth-order valence-electron chi connectivity index (χ4n) is 3.59. The summed E-state index contributed by atoms with van der Waals surface area (Å²) in [7, 11) is 0. The van der Waals surface area contributed by atoms with Crippen LogP contribution in [-0.2, 0) is 6.42 Å². The van der Waals surface area contributed by atoms with Crippen LogP contribution in [0.15, 0.2) is 36.7 Å². The van der Waals surface area contributed by atoms with Gasteiger partial charge in [-0.2, -0.15) is 0 Å². The van der Waals surface area contributed by atoms with Crippen LogP contribution >= 0.6 is 0 Å². The maximum Gasteiger partial charge on any atom is 0.257 e. The molecule has 0 spiro atoms. The van der Waals surface area contributed by atoms with Gasteiger partial charge >= 0.3 is 0 Å². The molecule has 0 bridgehead atoms. The third-order valence-corrected chi connectivity index (χ3v) is 5.18. The summed E-state index contributed by atoms with van der Waals surface area (Å²) in [5, 5.41) is 6.05. The number of pyridine rings is 1. The average Bonchev–Trinajstić information content (AvgIpc) is 2.70. The summed E-state index contributed by atoms with van der Waals surface area (Å²) in [6, 6.07) is 7.81. The number of anilines is 1. The molecule has 1 heterocycles. The summed E-state index contributed by atoms with van der Waals surface area (Å²) in [6.45, 7) is 4.03. The van der Waals surface area contributed by atoms with Gasteiger partial charge in [0.1, 0.15) is 0 Å². The number of carbonyl (C=O) groups excluding carboxylic acids is 2. The largest absolute Gasteiger partial charge is 0.349 e. The number of hydrogen-bond donors (Lipinski definition) is 2. The lowest BCUT2D eigenvalue weighted by atomic mass is 9.95. The monoisotopic (exact) mass is 365 g/mol. The van der Waals surface area contributed by atoms with Crippen LogP contribution in [0.5, 0.6) is 0 Å². The predicted molar refractivity (Wildman–Crippen MR) is 107 cm³/mol. The van der Waals surface area contributed by atoms with E-state index in [1.165, 1.54) is 18.8 Å². The van der Waals surface area contributed by atoms with E-state index in [0.717, 1.165) is 48.9 Å². The Morgan fingerprint density at radius 2 is 1.78 bits per heavy atom. The molecule has 2 N–H and O–H groups in total. The molecule has 142 valence electrons. The van der Waals surface area contributed by atoms with Crippen molar-refractivity contribution in [2.24, 2.45) is 0 Å². The van der Waals surface area contributed by atoms with E-state index in [-0.39, 0.29) is 17.9 Å². The fourth-order valence-corrected chi connectivity index (χ4v) is 3.59. The molecule has 0 radical (unpaired) electrons. The van der Waals surface area contributed by atoms with Crippen molar-refractivity contribution in [2.75, 3.05) is 5.32 Å². The van der Waals surface area contributed by atoms with Gasteiger partial charge in [-0.15, -0.1) is 0 Å². The van der Waals surface area contributed by atoms with Crippen LogP contribution < -0.4 is 10.6 Å². The lowest BCUT2D eigenvalue weighted by Gasteiger charge is -2.22. The van der Waals surface area contributed by atoms with Gasteiger partial charge in [0.15, 0.2) is 0 Å². The minimum Gasteiger partial charge on any atom is -0.349 e. The van der Waals surface area contributed by atoms with E-state index in [0.29, 0.717) is 11.1 Å². The summed E-state index contributed by atoms with van der Waals surface area (Å²) in [5.41, 5.74) is 3.75. The number of aromatic nitrogens is 1. The van der Waals surface area contributed by atoms with Crippen molar-refractivity contribution in [1.82, 2.24) is 10.3 Å². The lowest BCUT2D eigenvalue weighted by Crippen LogP contribution is -2.36. The number of hydrogen-bond acceptors (Lipinski definition) is 3. The smallest absolute Gasteiger partial charge is 0.257 e. The first-order valence-corrected chi connectivity index (χ1v) is 9.74. The molecule has 2 aromatic rings. The molecule has 1 fully saturated rings. The highest BCUT2D eigenvalue weighted by atomic mass is 16.2. The van der Waals surface area contributed by atoms with Gasteiger partial charge in [0.05, 0.1) is 11.1 Å². The SMILES string of the molecule is CCc1cccc(C)c1NC(=O)c1cncc(C(=O)NC2CCCCC2)c1. The molecular formula is C22H27N3O2. The average molecular weight is 365 g/mol. The Hall–Kier alpha value is -2.69. The summed E-state index contributed by atoms with van der Waals surface area (Å²) >= 11 is 0. The van der Waals surface area contributed by atoms with Crippen molar-refractivity contribution in [1.29, 1.82) is 0 Å². The Bertz CT molecular complexity index is 826. The molecule has 0 saturated heterocycles. The summed E-state index contributed by atoms with van der Waals surface area (Å²) in [4.78, 5) is 29.3. The van der Waals surface area contributed by atoms with Crippen LogP contribution in [0.3, 0.4) is 0 Å². The van der Waals surface area contributed by atoms with Crippen LogP contribution in [0, 0.1) is 6.92 Å². The van der Waals surface area contributed by atoms with Gasteiger partial charge in [-0.1, -0.05) is 44.4 Å². The Kier molecular flexibility index (Phi) is 6.22. The standard InChI is InChI=1S/C22H27N3O2/c1-3-16-9-7-8-15(2)20(16)25-22(27)18-12-17(13-23-14-18)21(26)24-19-10-5-4-6-11-19/h7-9,12-14,19H,3-6,10-11H2,1-2H3,(H,24,26)(H,25,27). The number of para-hydroxylation sites is 1. The minimum atomic E-state index is -0.251. The molecular weight excluding hydrogens is 338 g/mol. The molecule has 5 heteroatoms. The number of aryl methyl sites for hydroxylation is 2. The molecule has 1 aliphatic rings. The van der Waals surface area contributed by atoms with E-state index >= 15 is 0 Å². The van der Waals surface area contributed by atoms with E-state index in [9.17, 15) is 9.59 Å². The van der Waals surface area contributed by atoms with Crippen LogP contribution in [0.25, 0.3) is 0 Å². The fraction of sp³-hybridized carbons (Fsp3) is 0.409. The molecule has 27 heavy (non-hydrogen) atoms. The third kappa shape index (κ3) is 4.73. The number of nitrogens with one attached hydrogen (secondary N) is 2. The van der Waals surface area contributed by atoms with Crippen molar-refractivity contribution in [2.45, 2.75) is 58.4 Å².